The molecule has 1 aromatic rings. The number of benzene rings is 1. The van der Waals surface area contributed by atoms with Crippen LogP contribution < -0.4 is 5.73 Å². The van der Waals surface area contributed by atoms with Crippen LogP contribution in [0.5, 0.6) is 0 Å². The van der Waals surface area contributed by atoms with Crippen molar-refractivity contribution in [1.82, 2.24) is 0 Å². The minimum atomic E-state index is 0.228. The lowest BCUT2D eigenvalue weighted by atomic mass is 10.1. The molecule has 2 N–H and O–H groups in total. The van der Waals surface area contributed by atoms with Gasteiger partial charge >= 0.3 is 0 Å². The lowest BCUT2D eigenvalue weighted by molar-refractivity contribution is 0.0194. The van der Waals surface area contributed by atoms with Crippen LogP contribution in [0.25, 0.3) is 0 Å². The van der Waals surface area contributed by atoms with Gasteiger partial charge in [0.15, 0.2) is 0 Å². The number of rotatable bonds is 3. The summed E-state index contributed by atoms with van der Waals surface area (Å²) in [7, 11) is 0. The average Bonchev–Trinajstić information content (AvgIpc) is 2.53. The van der Waals surface area contributed by atoms with E-state index >= 15 is 0 Å². The predicted molar refractivity (Wildman–Crippen MR) is 66.1 cm³/mol. The van der Waals surface area contributed by atoms with Crippen LogP contribution in [0.15, 0.2) is 30.3 Å². The Kier molecular flexibility index (Phi) is 4.37. The third kappa shape index (κ3) is 3.32. The molecular formula is C14H21NO. The third-order valence-corrected chi connectivity index (χ3v) is 3.31. The van der Waals surface area contributed by atoms with Crippen molar-refractivity contribution in [3.8, 4) is 0 Å². The van der Waals surface area contributed by atoms with Crippen LogP contribution in [0, 0.1) is 0 Å². The van der Waals surface area contributed by atoms with Crippen LogP contribution in [0.1, 0.15) is 37.7 Å². The van der Waals surface area contributed by atoms with Crippen molar-refractivity contribution in [3.05, 3.63) is 35.9 Å². The Morgan fingerprint density at radius 2 is 1.81 bits per heavy atom. The fourth-order valence-corrected chi connectivity index (χ4v) is 2.29. The van der Waals surface area contributed by atoms with Gasteiger partial charge in [-0.05, 0) is 18.4 Å². The fourth-order valence-electron chi connectivity index (χ4n) is 2.29. The second-order valence-corrected chi connectivity index (χ2v) is 4.64. The Balaban J connectivity index is 1.84. The van der Waals surface area contributed by atoms with Crippen molar-refractivity contribution in [3.63, 3.8) is 0 Å². The molecule has 0 saturated heterocycles. The molecule has 16 heavy (non-hydrogen) atoms. The van der Waals surface area contributed by atoms with Gasteiger partial charge in [-0.25, -0.2) is 0 Å². The molecule has 1 aliphatic carbocycles. The third-order valence-electron chi connectivity index (χ3n) is 3.31. The zero-order chi connectivity index (χ0) is 11.2. The molecule has 0 amide bonds. The maximum atomic E-state index is 6.12. The summed E-state index contributed by atoms with van der Waals surface area (Å²) in [6.45, 7) is 0.694. The van der Waals surface area contributed by atoms with Crippen LogP contribution in [0.4, 0.5) is 0 Å². The van der Waals surface area contributed by atoms with Gasteiger partial charge < -0.3 is 10.5 Å². The van der Waals surface area contributed by atoms with Gasteiger partial charge in [0, 0.05) is 6.04 Å². The number of ether oxygens (including phenoxy) is 1. The van der Waals surface area contributed by atoms with E-state index in [-0.39, 0.29) is 12.1 Å². The SMILES string of the molecule is N[C@@H]1CCCCC[C@H]1OCc1ccccc1. The first-order valence-electron chi connectivity index (χ1n) is 6.27. The van der Waals surface area contributed by atoms with Crippen LogP contribution in [-0.4, -0.2) is 12.1 Å². The first-order chi connectivity index (χ1) is 7.86. The Bertz CT molecular complexity index is 299. The molecule has 0 heterocycles. The van der Waals surface area contributed by atoms with Crippen molar-refractivity contribution in [1.29, 1.82) is 0 Å². The topological polar surface area (TPSA) is 35.2 Å². The molecule has 0 spiro atoms. The van der Waals surface area contributed by atoms with E-state index in [1.807, 2.05) is 18.2 Å². The van der Waals surface area contributed by atoms with Gasteiger partial charge in [-0.3, -0.25) is 0 Å². The molecule has 2 heteroatoms. The van der Waals surface area contributed by atoms with E-state index in [1.54, 1.807) is 0 Å². The molecule has 88 valence electrons. The summed E-state index contributed by atoms with van der Waals surface area (Å²) in [5.41, 5.74) is 7.35. The Morgan fingerprint density at radius 1 is 1.06 bits per heavy atom. The summed E-state index contributed by atoms with van der Waals surface area (Å²) < 4.78 is 5.94. The maximum absolute atomic E-state index is 6.12. The number of hydrogen-bond donors (Lipinski definition) is 1. The van der Waals surface area contributed by atoms with E-state index in [9.17, 15) is 0 Å². The molecule has 2 rings (SSSR count). The van der Waals surface area contributed by atoms with Crippen molar-refractivity contribution >= 4 is 0 Å². The minimum absolute atomic E-state index is 0.228. The smallest absolute Gasteiger partial charge is 0.0730 e. The average molecular weight is 219 g/mol. The highest BCUT2D eigenvalue weighted by Crippen LogP contribution is 2.20. The second-order valence-electron chi connectivity index (χ2n) is 4.64. The van der Waals surface area contributed by atoms with E-state index in [0.717, 1.165) is 12.8 Å². The molecule has 0 aliphatic heterocycles. The van der Waals surface area contributed by atoms with Gasteiger partial charge in [0.1, 0.15) is 0 Å². The maximum Gasteiger partial charge on any atom is 0.0730 e. The molecule has 1 aliphatic rings. The molecule has 0 aromatic heterocycles. The molecule has 2 atom stereocenters. The normalized spacial score (nSPS) is 26.3. The van der Waals surface area contributed by atoms with Crippen LogP contribution in [0.3, 0.4) is 0 Å². The molecule has 0 bridgehead atoms. The lowest BCUT2D eigenvalue weighted by Gasteiger charge is -2.21. The standard InChI is InChI=1S/C14H21NO/c15-13-9-5-2-6-10-14(13)16-11-12-7-3-1-4-8-12/h1,3-4,7-8,13-14H,2,5-6,9-11,15H2/t13-,14-/m1/s1. The number of nitrogens with two attached hydrogens (primary N) is 1. The van der Waals surface area contributed by atoms with Crippen molar-refractivity contribution < 1.29 is 4.74 Å². The molecule has 0 unspecified atom stereocenters. The summed E-state index contributed by atoms with van der Waals surface area (Å²) in [5.74, 6) is 0. The van der Waals surface area contributed by atoms with Crippen LogP contribution >= 0.6 is 0 Å². The fraction of sp³-hybridized carbons (Fsp3) is 0.571. The molecular weight excluding hydrogens is 198 g/mol. The molecule has 1 fully saturated rings. The first kappa shape index (κ1) is 11.6. The first-order valence-corrected chi connectivity index (χ1v) is 6.27. The van der Waals surface area contributed by atoms with E-state index < -0.39 is 0 Å². The Labute approximate surface area is 97.8 Å². The summed E-state index contributed by atoms with van der Waals surface area (Å²) in [5, 5.41) is 0. The predicted octanol–water partition coefficient (Wildman–Crippen LogP) is 2.86. The highest BCUT2D eigenvalue weighted by Gasteiger charge is 2.20. The van der Waals surface area contributed by atoms with Gasteiger partial charge in [-0.2, -0.15) is 0 Å². The highest BCUT2D eigenvalue weighted by molar-refractivity contribution is 5.13. The zero-order valence-electron chi connectivity index (χ0n) is 9.77. The van der Waals surface area contributed by atoms with Gasteiger partial charge in [-0.15, -0.1) is 0 Å². The largest absolute Gasteiger partial charge is 0.372 e. The van der Waals surface area contributed by atoms with Gasteiger partial charge in [0.25, 0.3) is 0 Å². The van der Waals surface area contributed by atoms with E-state index in [1.165, 1.54) is 24.8 Å². The molecule has 0 radical (unpaired) electrons. The Morgan fingerprint density at radius 3 is 2.62 bits per heavy atom. The van der Waals surface area contributed by atoms with E-state index in [0.29, 0.717) is 6.61 Å². The monoisotopic (exact) mass is 219 g/mol. The van der Waals surface area contributed by atoms with Crippen molar-refractivity contribution in [2.45, 2.75) is 50.9 Å². The number of hydrogen-bond acceptors (Lipinski definition) is 2. The summed E-state index contributed by atoms with van der Waals surface area (Å²) in [6.07, 6.45) is 6.30. The summed E-state index contributed by atoms with van der Waals surface area (Å²) >= 11 is 0. The summed E-state index contributed by atoms with van der Waals surface area (Å²) in [6, 6.07) is 10.6. The van der Waals surface area contributed by atoms with E-state index in [2.05, 4.69) is 12.1 Å². The van der Waals surface area contributed by atoms with Gasteiger partial charge in [0.2, 0.25) is 0 Å². The molecule has 2 nitrogen and oxygen atoms in total. The van der Waals surface area contributed by atoms with Crippen LogP contribution in [-0.2, 0) is 11.3 Å². The van der Waals surface area contributed by atoms with Gasteiger partial charge in [-0.1, -0.05) is 49.6 Å². The van der Waals surface area contributed by atoms with Gasteiger partial charge in [0.05, 0.1) is 12.7 Å². The second kappa shape index (κ2) is 6.02. The molecule has 1 aromatic carbocycles. The summed E-state index contributed by atoms with van der Waals surface area (Å²) in [4.78, 5) is 0. The Hall–Kier alpha value is -0.860. The van der Waals surface area contributed by atoms with Crippen LogP contribution in [0.2, 0.25) is 0 Å². The minimum Gasteiger partial charge on any atom is -0.372 e. The molecule has 1 saturated carbocycles. The quantitative estimate of drug-likeness (QED) is 0.793. The van der Waals surface area contributed by atoms with Crippen molar-refractivity contribution in [2.24, 2.45) is 5.73 Å². The zero-order valence-corrected chi connectivity index (χ0v) is 9.77. The van der Waals surface area contributed by atoms with E-state index in [4.69, 9.17) is 10.5 Å². The lowest BCUT2D eigenvalue weighted by Crippen LogP contribution is -2.35. The highest BCUT2D eigenvalue weighted by atomic mass is 16.5. The van der Waals surface area contributed by atoms with Crippen molar-refractivity contribution in [2.75, 3.05) is 0 Å².